The van der Waals surface area contributed by atoms with Gasteiger partial charge in [-0.25, -0.2) is 8.42 Å². The van der Waals surface area contributed by atoms with Gasteiger partial charge in [0.2, 0.25) is 11.8 Å². The summed E-state index contributed by atoms with van der Waals surface area (Å²) in [6.45, 7) is 2.36. The van der Waals surface area contributed by atoms with Gasteiger partial charge in [0.05, 0.1) is 25.0 Å². The van der Waals surface area contributed by atoms with E-state index < -0.39 is 33.6 Å². The molecule has 2 atom stereocenters. The first-order valence-corrected chi connectivity index (χ1v) is 17.5. The first kappa shape index (κ1) is 39.1. The molecular formula is C32H38N8O5S3. The number of carbonyl (C=O) groups is 2. The van der Waals surface area contributed by atoms with Crippen LogP contribution in [0.15, 0.2) is 66.7 Å². The predicted octanol–water partition coefficient (Wildman–Crippen LogP) is 1.91. The lowest BCUT2D eigenvalue weighted by molar-refractivity contribution is -0.123. The smallest absolute Gasteiger partial charge is 0.244 e. The maximum Gasteiger partial charge on any atom is 0.244 e. The van der Waals surface area contributed by atoms with Gasteiger partial charge in [-0.1, -0.05) is 42.5 Å². The van der Waals surface area contributed by atoms with Crippen molar-refractivity contribution in [1.82, 2.24) is 26.6 Å². The Kier molecular flexibility index (Phi) is 16.5. The molecule has 0 saturated carbocycles. The second-order valence-corrected chi connectivity index (χ2v) is 13.2. The molecule has 0 saturated heterocycles. The van der Waals surface area contributed by atoms with Crippen LogP contribution in [-0.2, 0) is 25.8 Å². The summed E-state index contributed by atoms with van der Waals surface area (Å²) < 4.78 is 28.0. The number of hydrogen-bond donors (Lipinski definition) is 6. The fourth-order valence-corrected chi connectivity index (χ4v) is 5.55. The Bertz CT molecular complexity index is 1760. The van der Waals surface area contributed by atoms with E-state index in [1.807, 2.05) is 43.3 Å². The van der Waals surface area contributed by atoms with Gasteiger partial charge in [0.15, 0.2) is 10.2 Å². The van der Waals surface area contributed by atoms with Gasteiger partial charge in [0.25, 0.3) is 0 Å². The molecule has 16 heteroatoms. The van der Waals surface area contributed by atoms with Crippen molar-refractivity contribution in [2.45, 2.75) is 25.4 Å². The van der Waals surface area contributed by atoms with Gasteiger partial charge in [-0.05, 0) is 72.0 Å². The van der Waals surface area contributed by atoms with Gasteiger partial charge < -0.3 is 36.6 Å². The first-order chi connectivity index (χ1) is 22.9. The molecule has 0 aliphatic carbocycles. The minimum absolute atomic E-state index is 0.0251. The molecule has 3 aromatic rings. The lowest BCUT2D eigenvalue weighted by atomic mass is 10.0. The van der Waals surface area contributed by atoms with Gasteiger partial charge in [-0.2, -0.15) is 10.5 Å². The molecule has 2 amide bonds. The minimum Gasteiger partial charge on any atom is -0.497 e. The van der Waals surface area contributed by atoms with E-state index in [0.717, 1.165) is 22.6 Å². The van der Waals surface area contributed by atoms with E-state index in [9.17, 15) is 18.0 Å². The molecule has 0 fully saturated rings. The summed E-state index contributed by atoms with van der Waals surface area (Å²) >= 11 is 10.3. The van der Waals surface area contributed by atoms with Crippen LogP contribution in [-0.4, -0.2) is 81.3 Å². The lowest BCUT2D eigenvalue weighted by Gasteiger charge is -2.20. The number of rotatable bonds is 13. The number of carbonyl (C=O) groups excluding carboxylic acids is 2. The summed E-state index contributed by atoms with van der Waals surface area (Å²) in [4.78, 5) is 24.3. The molecule has 13 nitrogen and oxygen atoms in total. The third-order valence-electron chi connectivity index (χ3n) is 6.34. The number of ether oxygens (including phenoxy) is 1. The van der Waals surface area contributed by atoms with E-state index >= 15 is 0 Å². The minimum atomic E-state index is -3.43. The Balaban J connectivity index is 0.000000333. The summed E-state index contributed by atoms with van der Waals surface area (Å²) in [5.74, 6) is -0.648. The zero-order valence-corrected chi connectivity index (χ0v) is 29.2. The van der Waals surface area contributed by atoms with Crippen LogP contribution in [0.5, 0.6) is 5.75 Å². The number of sulfone groups is 1. The van der Waals surface area contributed by atoms with E-state index in [1.165, 1.54) is 0 Å². The molecule has 6 N–H and O–H groups in total. The van der Waals surface area contributed by atoms with E-state index in [4.69, 9.17) is 39.7 Å². The summed E-state index contributed by atoms with van der Waals surface area (Å²) in [6, 6.07) is 23.1. The predicted molar refractivity (Wildman–Crippen MR) is 194 cm³/mol. The van der Waals surface area contributed by atoms with Crippen LogP contribution in [0.25, 0.3) is 10.8 Å². The lowest BCUT2D eigenvalue weighted by Crippen LogP contribution is -2.51. The number of amides is 2. The number of nitrogens with one attached hydrogen (secondary N) is 6. The number of nitriles is 2. The molecule has 254 valence electrons. The fourth-order valence-electron chi connectivity index (χ4n) is 4.17. The van der Waals surface area contributed by atoms with Crippen LogP contribution in [0.4, 0.5) is 5.69 Å². The third-order valence-corrected chi connectivity index (χ3v) is 7.76. The van der Waals surface area contributed by atoms with Crippen LogP contribution >= 0.6 is 24.4 Å². The van der Waals surface area contributed by atoms with Crippen molar-refractivity contribution in [1.29, 1.82) is 10.5 Å². The molecule has 0 aromatic heterocycles. The molecule has 0 aliphatic rings. The monoisotopic (exact) mass is 710 g/mol. The summed E-state index contributed by atoms with van der Waals surface area (Å²) in [6.07, 6.45) is 1.49. The second kappa shape index (κ2) is 20.3. The van der Waals surface area contributed by atoms with Crippen molar-refractivity contribution in [3.05, 3.63) is 72.3 Å². The average molecular weight is 711 g/mol. The van der Waals surface area contributed by atoms with Gasteiger partial charge in [0.1, 0.15) is 40.8 Å². The SMILES string of the molecule is CCNC(=S)NC(Cc1ccc2ccccc2c1)C(=O)NCC#N.COc1ccc(NC(=S)NC(CS(C)(=O)=O)C(=O)NCC#N)cc1. The molecule has 0 heterocycles. The zero-order valence-electron chi connectivity index (χ0n) is 26.7. The third kappa shape index (κ3) is 14.6. The van der Waals surface area contributed by atoms with Crippen molar-refractivity contribution in [3.8, 4) is 17.9 Å². The Morgan fingerprint density at radius 2 is 1.42 bits per heavy atom. The molecule has 0 bridgehead atoms. The van der Waals surface area contributed by atoms with Crippen molar-refractivity contribution in [2.75, 3.05) is 44.1 Å². The molecule has 0 radical (unpaired) electrons. The standard InChI is InChI=1S/C18H20N4OS.C14H18N4O4S2/c1-2-20-18(24)22-16(17(23)21-10-9-19)12-13-7-8-14-5-3-4-6-15(14)11-13;1-22-11-5-3-10(4-6-11)17-14(23)18-12(9-24(2,20)21)13(19)16-8-7-15/h3-8,11,16H,2,10,12H2,1H3,(H,21,23)(H2,20,22,24);3-6,12H,8-9H2,1-2H3,(H,16,19)(H2,17,18,23). The van der Waals surface area contributed by atoms with Crippen molar-refractivity contribution in [3.63, 3.8) is 0 Å². The molecule has 3 rings (SSSR count). The largest absolute Gasteiger partial charge is 0.497 e. The Labute approximate surface area is 291 Å². The molecule has 0 spiro atoms. The quantitative estimate of drug-likeness (QED) is 0.111. The highest BCUT2D eigenvalue weighted by Crippen LogP contribution is 2.17. The Morgan fingerprint density at radius 3 is 1.98 bits per heavy atom. The van der Waals surface area contributed by atoms with Gasteiger partial charge in [0, 0.05) is 24.9 Å². The highest BCUT2D eigenvalue weighted by atomic mass is 32.2. The number of fused-ring (bicyclic) bond motifs is 1. The molecule has 3 aromatic carbocycles. The van der Waals surface area contributed by atoms with Crippen LogP contribution in [0, 0.1) is 22.7 Å². The van der Waals surface area contributed by atoms with E-state index in [1.54, 1.807) is 37.4 Å². The summed E-state index contributed by atoms with van der Waals surface area (Å²) in [5.41, 5.74) is 1.67. The fraction of sp³-hybridized carbons (Fsp3) is 0.312. The average Bonchev–Trinajstić information content (AvgIpc) is 3.05. The zero-order chi connectivity index (χ0) is 35.5. The van der Waals surface area contributed by atoms with Crippen molar-refractivity contribution in [2.24, 2.45) is 0 Å². The van der Waals surface area contributed by atoms with Crippen LogP contribution in [0.1, 0.15) is 12.5 Å². The van der Waals surface area contributed by atoms with E-state index in [0.29, 0.717) is 29.5 Å². The first-order valence-electron chi connectivity index (χ1n) is 14.6. The summed E-state index contributed by atoms with van der Waals surface area (Å²) in [5, 5.41) is 36.3. The van der Waals surface area contributed by atoms with Crippen LogP contribution < -0.4 is 36.6 Å². The van der Waals surface area contributed by atoms with E-state index in [-0.39, 0.29) is 24.1 Å². The van der Waals surface area contributed by atoms with Gasteiger partial charge in [-0.3, -0.25) is 9.59 Å². The number of benzene rings is 3. The summed E-state index contributed by atoms with van der Waals surface area (Å²) in [7, 11) is -1.89. The van der Waals surface area contributed by atoms with Crippen LogP contribution in [0.2, 0.25) is 0 Å². The maximum absolute atomic E-state index is 12.3. The number of methoxy groups -OCH3 is 1. The number of anilines is 1. The second-order valence-electron chi connectivity index (χ2n) is 10.2. The van der Waals surface area contributed by atoms with Gasteiger partial charge in [-0.15, -0.1) is 0 Å². The van der Waals surface area contributed by atoms with Gasteiger partial charge >= 0.3 is 0 Å². The molecule has 2 unspecified atom stereocenters. The molecular weight excluding hydrogens is 673 g/mol. The Hall–Kier alpha value is -5.03. The van der Waals surface area contributed by atoms with Crippen molar-refractivity contribution >= 4 is 72.8 Å². The highest BCUT2D eigenvalue weighted by molar-refractivity contribution is 7.90. The molecule has 0 aliphatic heterocycles. The van der Waals surface area contributed by atoms with Crippen molar-refractivity contribution < 1.29 is 22.7 Å². The topological polar surface area (TPSA) is 197 Å². The Morgan fingerprint density at radius 1 is 0.833 bits per heavy atom. The normalized spacial score (nSPS) is 11.5. The van der Waals surface area contributed by atoms with Crippen LogP contribution in [0.3, 0.4) is 0 Å². The number of nitrogens with zero attached hydrogens (tertiary/aromatic N) is 2. The molecule has 48 heavy (non-hydrogen) atoms. The number of thiocarbonyl (C=S) groups is 2. The van der Waals surface area contributed by atoms with E-state index in [2.05, 4.69) is 44.0 Å². The maximum atomic E-state index is 12.3. The highest BCUT2D eigenvalue weighted by Gasteiger charge is 2.24. The number of hydrogen-bond acceptors (Lipinski definition) is 9.